The number of amides is 2. The van der Waals surface area contributed by atoms with Crippen LogP contribution in [0.15, 0.2) is 54.6 Å². The Kier molecular flexibility index (Phi) is 7.88. The molecule has 2 aromatic rings. The van der Waals surface area contributed by atoms with Crippen LogP contribution in [0.5, 0.6) is 0 Å². The van der Waals surface area contributed by atoms with Crippen LogP contribution in [0.3, 0.4) is 0 Å². The molecule has 0 spiro atoms. The molecule has 5 nitrogen and oxygen atoms in total. The van der Waals surface area contributed by atoms with Crippen LogP contribution in [0.25, 0.3) is 6.08 Å². The number of halogens is 1. The largest absolute Gasteiger partial charge is 0.326 e. The van der Waals surface area contributed by atoms with E-state index in [-0.39, 0.29) is 30.3 Å². The molecule has 1 N–H and O–H groups in total. The van der Waals surface area contributed by atoms with Crippen molar-refractivity contribution in [3.63, 3.8) is 0 Å². The second-order valence-electron chi connectivity index (χ2n) is 8.12. The van der Waals surface area contributed by atoms with E-state index in [1.807, 2.05) is 23.1 Å². The lowest BCUT2D eigenvalue weighted by molar-refractivity contribution is -0.117. The van der Waals surface area contributed by atoms with E-state index in [1.165, 1.54) is 5.56 Å². The topological polar surface area (TPSA) is 52.7 Å². The van der Waals surface area contributed by atoms with Gasteiger partial charge in [-0.1, -0.05) is 42.5 Å². The Morgan fingerprint density at radius 2 is 1.87 bits per heavy atom. The van der Waals surface area contributed by atoms with Crippen LogP contribution < -0.4 is 10.2 Å². The van der Waals surface area contributed by atoms with E-state index in [1.54, 1.807) is 6.92 Å². The fourth-order valence-corrected chi connectivity index (χ4v) is 4.43. The summed E-state index contributed by atoms with van der Waals surface area (Å²) in [6.07, 6.45) is 7.55. The van der Waals surface area contributed by atoms with Crippen LogP contribution in [0.1, 0.15) is 37.3 Å². The number of carbonyl (C=O) groups is 2. The lowest BCUT2D eigenvalue weighted by Crippen LogP contribution is -2.47. The summed E-state index contributed by atoms with van der Waals surface area (Å²) in [4.78, 5) is 28.5. The van der Waals surface area contributed by atoms with Gasteiger partial charge in [-0.15, -0.1) is 12.4 Å². The summed E-state index contributed by atoms with van der Waals surface area (Å²) >= 11 is 0. The van der Waals surface area contributed by atoms with Crippen molar-refractivity contribution in [3.8, 4) is 0 Å². The molecule has 0 aromatic heterocycles. The molecule has 0 radical (unpaired) electrons. The smallest absolute Gasteiger partial charge is 0.224 e. The maximum absolute atomic E-state index is 12.5. The zero-order valence-electron chi connectivity index (χ0n) is 17.9. The first-order chi connectivity index (χ1) is 14.6. The number of nitrogens with zero attached hydrogens (tertiary/aromatic N) is 2. The zero-order chi connectivity index (χ0) is 20.9. The Bertz CT molecular complexity index is 937. The molecule has 0 atom stereocenters. The highest BCUT2D eigenvalue weighted by Gasteiger charge is 2.28. The molecule has 1 fully saturated rings. The first-order valence-corrected chi connectivity index (χ1v) is 10.8. The molecule has 1 saturated heterocycles. The maximum Gasteiger partial charge on any atom is 0.224 e. The lowest BCUT2D eigenvalue weighted by Gasteiger charge is -2.38. The molecule has 2 heterocycles. The highest BCUT2D eigenvalue weighted by molar-refractivity contribution is 5.96. The Hall–Kier alpha value is -2.63. The Morgan fingerprint density at radius 3 is 2.58 bits per heavy atom. The predicted octanol–water partition coefficient (Wildman–Crippen LogP) is 4.52. The van der Waals surface area contributed by atoms with Crippen molar-refractivity contribution in [3.05, 3.63) is 65.7 Å². The summed E-state index contributed by atoms with van der Waals surface area (Å²) in [6.45, 7) is 4.54. The minimum Gasteiger partial charge on any atom is -0.326 e. The number of rotatable bonds is 5. The summed E-state index contributed by atoms with van der Waals surface area (Å²) in [7, 11) is 0. The molecule has 0 unspecified atom stereocenters. The summed E-state index contributed by atoms with van der Waals surface area (Å²) in [5.41, 5.74) is 4.15. The Morgan fingerprint density at radius 1 is 1.13 bits per heavy atom. The van der Waals surface area contributed by atoms with Gasteiger partial charge in [0.05, 0.1) is 0 Å². The van der Waals surface area contributed by atoms with Gasteiger partial charge in [0.1, 0.15) is 0 Å². The van der Waals surface area contributed by atoms with E-state index >= 15 is 0 Å². The molecular formula is C25H30ClN3O2. The van der Waals surface area contributed by atoms with Crippen molar-refractivity contribution in [2.24, 2.45) is 0 Å². The summed E-state index contributed by atoms with van der Waals surface area (Å²) in [5.74, 6) is 0.143. The van der Waals surface area contributed by atoms with Gasteiger partial charge >= 0.3 is 0 Å². The number of fused-ring (bicyclic) bond motifs is 1. The molecule has 0 aliphatic carbocycles. The van der Waals surface area contributed by atoms with E-state index in [4.69, 9.17) is 0 Å². The average Bonchev–Trinajstić information content (AvgIpc) is 2.75. The van der Waals surface area contributed by atoms with E-state index in [9.17, 15) is 9.59 Å². The third-order valence-corrected chi connectivity index (χ3v) is 6.00. The second kappa shape index (κ2) is 10.6. The van der Waals surface area contributed by atoms with Gasteiger partial charge in [-0.3, -0.25) is 14.5 Å². The molecule has 31 heavy (non-hydrogen) atoms. The van der Waals surface area contributed by atoms with Gasteiger partial charge < -0.3 is 10.2 Å². The fraction of sp³-hybridized carbons (Fsp3) is 0.360. The number of nitrogens with one attached hydrogen (secondary N) is 1. The van der Waals surface area contributed by atoms with Crippen molar-refractivity contribution >= 4 is 41.7 Å². The maximum atomic E-state index is 12.5. The van der Waals surface area contributed by atoms with E-state index in [0.717, 1.165) is 55.8 Å². The number of piperidine rings is 1. The van der Waals surface area contributed by atoms with Gasteiger partial charge in [-0.2, -0.15) is 0 Å². The standard InChI is InChI=1S/C25H29N3O2.ClH/c1-19(29)28(23-10-11-24-21(18-23)9-12-25(30)26-24)22-13-16-27(17-14-22)15-5-8-20-6-3-2-4-7-20;/h2-8,10-11,18,22H,9,12-17H2,1H3,(H,26,30);1H/b8-5+;. The number of benzene rings is 2. The van der Waals surface area contributed by atoms with Crippen LogP contribution >= 0.6 is 12.4 Å². The van der Waals surface area contributed by atoms with Crippen LogP contribution in [0.2, 0.25) is 0 Å². The molecule has 6 heteroatoms. The molecule has 164 valence electrons. The number of aryl methyl sites for hydroxylation is 1. The minimum atomic E-state index is 0. The van der Waals surface area contributed by atoms with E-state index < -0.39 is 0 Å². The number of hydrogen-bond donors (Lipinski definition) is 1. The van der Waals surface area contributed by atoms with Gasteiger partial charge in [-0.05, 0) is 48.6 Å². The monoisotopic (exact) mass is 439 g/mol. The zero-order valence-corrected chi connectivity index (χ0v) is 18.7. The van der Waals surface area contributed by atoms with Crippen LogP contribution in [-0.2, 0) is 16.0 Å². The van der Waals surface area contributed by atoms with Crippen molar-refractivity contribution in [1.82, 2.24) is 4.90 Å². The average molecular weight is 440 g/mol. The lowest BCUT2D eigenvalue weighted by atomic mass is 9.99. The molecule has 2 aromatic carbocycles. The highest BCUT2D eigenvalue weighted by atomic mass is 35.5. The van der Waals surface area contributed by atoms with E-state index in [0.29, 0.717) is 6.42 Å². The van der Waals surface area contributed by atoms with Gasteiger partial charge in [0.25, 0.3) is 0 Å². The quantitative estimate of drug-likeness (QED) is 0.744. The number of anilines is 2. The molecule has 2 amide bonds. The molecule has 4 rings (SSSR count). The molecule has 2 aliphatic rings. The third kappa shape index (κ3) is 5.75. The Labute approximate surface area is 190 Å². The van der Waals surface area contributed by atoms with Gasteiger partial charge in [0.2, 0.25) is 11.8 Å². The summed E-state index contributed by atoms with van der Waals surface area (Å²) in [5, 5.41) is 2.92. The Balaban J connectivity index is 0.00000272. The van der Waals surface area contributed by atoms with Crippen molar-refractivity contribution < 1.29 is 9.59 Å². The van der Waals surface area contributed by atoms with E-state index in [2.05, 4.69) is 52.7 Å². The number of hydrogen-bond acceptors (Lipinski definition) is 3. The molecule has 0 saturated carbocycles. The first kappa shape index (κ1) is 23.0. The van der Waals surface area contributed by atoms with Crippen molar-refractivity contribution in [2.45, 2.75) is 38.6 Å². The van der Waals surface area contributed by atoms with Gasteiger partial charge in [-0.25, -0.2) is 0 Å². The SMILES string of the molecule is CC(=O)N(c1ccc2c(c1)CCC(=O)N2)C1CCN(C/C=C/c2ccccc2)CC1.Cl. The van der Waals surface area contributed by atoms with Crippen molar-refractivity contribution in [1.29, 1.82) is 0 Å². The van der Waals surface area contributed by atoms with Gasteiger partial charge in [0.15, 0.2) is 0 Å². The summed E-state index contributed by atoms with van der Waals surface area (Å²) < 4.78 is 0. The summed E-state index contributed by atoms with van der Waals surface area (Å²) in [6, 6.07) is 16.5. The first-order valence-electron chi connectivity index (χ1n) is 10.8. The molecule has 2 aliphatic heterocycles. The van der Waals surface area contributed by atoms with Crippen molar-refractivity contribution in [2.75, 3.05) is 29.9 Å². The van der Waals surface area contributed by atoms with Crippen LogP contribution in [0.4, 0.5) is 11.4 Å². The predicted molar refractivity (Wildman–Crippen MR) is 129 cm³/mol. The minimum absolute atomic E-state index is 0. The molecular weight excluding hydrogens is 410 g/mol. The highest BCUT2D eigenvalue weighted by Crippen LogP contribution is 2.30. The third-order valence-electron chi connectivity index (χ3n) is 6.00. The van der Waals surface area contributed by atoms with Gasteiger partial charge in [0, 0.05) is 50.4 Å². The normalized spacial score (nSPS) is 17.0. The molecule has 0 bridgehead atoms. The van der Waals surface area contributed by atoms with Crippen LogP contribution in [-0.4, -0.2) is 42.4 Å². The number of carbonyl (C=O) groups excluding carboxylic acids is 2. The second-order valence-corrected chi connectivity index (χ2v) is 8.12. The van der Waals surface area contributed by atoms with Crippen LogP contribution in [0, 0.1) is 0 Å². The number of likely N-dealkylation sites (tertiary alicyclic amines) is 1. The fourth-order valence-electron chi connectivity index (χ4n) is 4.43.